The van der Waals surface area contributed by atoms with Crippen LogP contribution < -0.4 is 0 Å². The van der Waals surface area contributed by atoms with E-state index in [4.69, 9.17) is 0 Å². The molecular weight excluding hydrogens is 316 g/mol. The van der Waals surface area contributed by atoms with E-state index >= 15 is 0 Å². The quantitative estimate of drug-likeness (QED) is 0.422. The van der Waals surface area contributed by atoms with Gasteiger partial charge < -0.3 is 4.98 Å². The number of thioether (sulfide) groups is 1. The summed E-state index contributed by atoms with van der Waals surface area (Å²) in [4.78, 5) is 21.5. The fourth-order valence-corrected chi connectivity index (χ4v) is 3.96. The normalized spacial score (nSPS) is 11.2. The Bertz CT molecular complexity index is 1050. The number of carbonyl (C=O) groups excluding carboxylic acids is 1. The van der Waals surface area contributed by atoms with Crippen molar-refractivity contribution >= 4 is 39.4 Å². The molecule has 24 heavy (non-hydrogen) atoms. The van der Waals surface area contributed by atoms with Crippen LogP contribution in [0.3, 0.4) is 0 Å². The molecule has 0 aliphatic carbocycles. The van der Waals surface area contributed by atoms with E-state index in [1.807, 2.05) is 61.5 Å². The van der Waals surface area contributed by atoms with Gasteiger partial charge in [0.15, 0.2) is 5.78 Å². The van der Waals surface area contributed by atoms with Gasteiger partial charge in [-0.25, -0.2) is 0 Å². The van der Waals surface area contributed by atoms with E-state index < -0.39 is 0 Å². The monoisotopic (exact) mass is 332 g/mol. The van der Waals surface area contributed by atoms with Gasteiger partial charge in [0, 0.05) is 38.6 Å². The van der Waals surface area contributed by atoms with Gasteiger partial charge in [-0.2, -0.15) is 0 Å². The number of hydrogen-bond acceptors (Lipinski definition) is 3. The molecule has 0 fully saturated rings. The molecule has 4 rings (SSSR count). The molecule has 4 heteroatoms. The summed E-state index contributed by atoms with van der Waals surface area (Å²) < 4.78 is 0. The maximum Gasteiger partial charge on any atom is 0.175 e. The highest BCUT2D eigenvalue weighted by Crippen LogP contribution is 2.29. The number of fused-ring (bicyclic) bond motifs is 2. The fraction of sp³-hybridized carbons (Fsp3) is 0.100. The van der Waals surface area contributed by atoms with Crippen LogP contribution in [-0.4, -0.2) is 21.5 Å². The third-order valence-corrected chi connectivity index (χ3v) is 5.21. The number of Topliss-reactive ketones (excluding diaryl/α,β-unsaturated/α-hetero) is 1. The number of aryl methyl sites for hydroxylation is 1. The maximum absolute atomic E-state index is 12.8. The van der Waals surface area contributed by atoms with Gasteiger partial charge in [0.2, 0.25) is 0 Å². The van der Waals surface area contributed by atoms with E-state index in [2.05, 4.69) is 9.97 Å². The van der Waals surface area contributed by atoms with Crippen molar-refractivity contribution in [3.8, 4) is 0 Å². The number of hydrogen-bond donors (Lipinski definition) is 1. The van der Waals surface area contributed by atoms with E-state index in [0.29, 0.717) is 5.75 Å². The number of para-hydroxylation sites is 2. The Balaban J connectivity index is 1.63. The Hall–Kier alpha value is -2.59. The second-order valence-electron chi connectivity index (χ2n) is 5.71. The van der Waals surface area contributed by atoms with Crippen molar-refractivity contribution in [1.82, 2.24) is 9.97 Å². The smallest absolute Gasteiger partial charge is 0.175 e. The number of nitrogens with one attached hydrogen (secondary N) is 1. The summed E-state index contributed by atoms with van der Waals surface area (Å²) in [5, 5.41) is 2.09. The summed E-state index contributed by atoms with van der Waals surface area (Å²) in [5.41, 5.74) is 3.70. The summed E-state index contributed by atoms with van der Waals surface area (Å²) in [7, 11) is 0. The van der Waals surface area contributed by atoms with Gasteiger partial charge >= 0.3 is 0 Å². The van der Waals surface area contributed by atoms with Crippen LogP contribution in [0.5, 0.6) is 0 Å². The maximum atomic E-state index is 12.8. The van der Waals surface area contributed by atoms with Crippen molar-refractivity contribution in [2.45, 2.75) is 11.8 Å². The number of pyridine rings is 1. The third-order valence-electron chi connectivity index (χ3n) is 4.14. The zero-order chi connectivity index (χ0) is 16.5. The zero-order valence-electron chi connectivity index (χ0n) is 13.2. The highest BCUT2D eigenvalue weighted by atomic mass is 32.2. The molecule has 0 bridgehead atoms. The molecule has 0 aliphatic rings. The number of ketones is 1. The SMILES string of the molecule is Cc1[nH]c2ccccc2c1C(=O)CSc1ccnc2ccccc12. The van der Waals surface area contributed by atoms with E-state index in [1.54, 1.807) is 18.0 Å². The van der Waals surface area contributed by atoms with Crippen LogP contribution in [0.4, 0.5) is 0 Å². The predicted molar refractivity (Wildman–Crippen MR) is 99.8 cm³/mol. The van der Waals surface area contributed by atoms with Crippen LogP contribution in [0.25, 0.3) is 21.8 Å². The van der Waals surface area contributed by atoms with Gasteiger partial charge in [0.05, 0.1) is 11.3 Å². The standard InChI is InChI=1S/C20H16N2OS/c1-13-20(15-7-3-5-9-17(15)22-13)18(23)12-24-19-10-11-21-16-8-4-2-6-14(16)19/h2-11,22H,12H2,1H3. The average Bonchev–Trinajstić information content (AvgIpc) is 2.95. The van der Waals surface area contributed by atoms with Gasteiger partial charge in [-0.15, -0.1) is 11.8 Å². The second kappa shape index (κ2) is 6.13. The van der Waals surface area contributed by atoms with E-state index in [-0.39, 0.29) is 5.78 Å². The van der Waals surface area contributed by atoms with E-state index in [9.17, 15) is 4.79 Å². The van der Waals surface area contributed by atoms with Crippen molar-refractivity contribution in [1.29, 1.82) is 0 Å². The number of benzene rings is 2. The Kier molecular flexibility index (Phi) is 3.82. The van der Waals surface area contributed by atoms with Crippen LogP contribution in [0.2, 0.25) is 0 Å². The van der Waals surface area contributed by atoms with E-state index in [0.717, 1.165) is 38.0 Å². The summed E-state index contributed by atoms with van der Waals surface area (Å²) in [6.07, 6.45) is 1.80. The second-order valence-corrected chi connectivity index (χ2v) is 6.73. The Morgan fingerprint density at radius 2 is 1.79 bits per heavy atom. The number of aromatic amines is 1. The number of carbonyl (C=O) groups is 1. The molecule has 0 aliphatic heterocycles. The lowest BCUT2D eigenvalue weighted by atomic mass is 10.1. The molecule has 0 saturated heterocycles. The first-order chi connectivity index (χ1) is 11.7. The molecule has 0 atom stereocenters. The summed E-state index contributed by atoms with van der Waals surface area (Å²) in [6.45, 7) is 1.96. The number of aromatic nitrogens is 2. The van der Waals surface area contributed by atoms with Crippen LogP contribution in [0.15, 0.2) is 65.7 Å². The van der Waals surface area contributed by atoms with Gasteiger partial charge in [0.1, 0.15) is 0 Å². The Morgan fingerprint density at radius 3 is 2.67 bits per heavy atom. The molecule has 0 saturated carbocycles. The minimum atomic E-state index is 0.149. The molecular formula is C20H16N2OS. The third kappa shape index (κ3) is 2.59. The van der Waals surface area contributed by atoms with Crippen molar-refractivity contribution < 1.29 is 4.79 Å². The topological polar surface area (TPSA) is 45.8 Å². The van der Waals surface area contributed by atoms with Crippen LogP contribution in [0.1, 0.15) is 16.1 Å². The Morgan fingerprint density at radius 1 is 1.04 bits per heavy atom. The zero-order valence-corrected chi connectivity index (χ0v) is 14.1. The van der Waals surface area contributed by atoms with Crippen LogP contribution in [0, 0.1) is 6.92 Å². The lowest BCUT2D eigenvalue weighted by molar-refractivity contribution is 0.102. The molecule has 4 aromatic rings. The minimum absolute atomic E-state index is 0.149. The highest BCUT2D eigenvalue weighted by molar-refractivity contribution is 8.00. The minimum Gasteiger partial charge on any atom is -0.358 e. The molecule has 118 valence electrons. The van der Waals surface area contributed by atoms with Crippen molar-refractivity contribution in [2.24, 2.45) is 0 Å². The summed E-state index contributed by atoms with van der Waals surface area (Å²) in [5.74, 6) is 0.562. The first kappa shape index (κ1) is 15.0. The van der Waals surface area contributed by atoms with Crippen molar-refractivity contribution in [2.75, 3.05) is 5.75 Å². The lowest BCUT2D eigenvalue weighted by Gasteiger charge is -2.05. The molecule has 2 heterocycles. The van der Waals surface area contributed by atoms with Gasteiger partial charge in [-0.1, -0.05) is 36.4 Å². The predicted octanol–water partition coefficient (Wildman–Crippen LogP) is 5.00. The first-order valence-electron chi connectivity index (χ1n) is 7.81. The average molecular weight is 332 g/mol. The highest BCUT2D eigenvalue weighted by Gasteiger charge is 2.16. The van der Waals surface area contributed by atoms with Crippen LogP contribution in [-0.2, 0) is 0 Å². The molecule has 0 radical (unpaired) electrons. The molecule has 0 amide bonds. The fourth-order valence-electron chi connectivity index (χ4n) is 3.05. The summed E-state index contributed by atoms with van der Waals surface area (Å²) >= 11 is 1.57. The van der Waals surface area contributed by atoms with Gasteiger partial charge in [-0.05, 0) is 25.1 Å². The molecule has 0 spiro atoms. The van der Waals surface area contributed by atoms with Gasteiger partial charge in [-0.3, -0.25) is 9.78 Å². The first-order valence-corrected chi connectivity index (χ1v) is 8.79. The van der Waals surface area contributed by atoms with Crippen LogP contribution >= 0.6 is 11.8 Å². The molecule has 2 aromatic carbocycles. The van der Waals surface area contributed by atoms with Crippen molar-refractivity contribution in [3.05, 3.63) is 72.1 Å². The number of rotatable bonds is 4. The Labute approximate surface area is 144 Å². The van der Waals surface area contributed by atoms with Gasteiger partial charge in [0.25, 0.3) is 0 Å². The molecule has 1 N–H and O–H groups in total. The molecule has 0 unspecified atom stereocenters. The largest absolute Gasteiger partial charge is 0.358 e. The number of H-pyrrole nitrogens is 1. The summed E-state index contributed by atoms with van der Waals surface area (Å²) in [6, 6.07) is 17.9. The lowest BCUT2D eigenvalue weighted by Crippen LogP contribution is -2.03. The molecule has 2 aromatic heterocycles. The van der Waals surface area contributed by atoms with E-state index in [1.165, 1.54) is 0 Å². The number of nitrogens with zero attached hydrogens (tertiary/aromatic N) is 1. The van der Waals surface area contributed by atoms with Crippen molar-refractivity contribution in [3.63, 3.8) is 0 Å². The molecule has 3 nitrogen and oxygen atoms in total.